The van der Waals surface area contributed by atoms with Gasteiger partial charge in [-0.15, -0.1) is 0 Å². The molecule has 1 aromatic heterocycles. The van der Waals surface area contributed by atoms with E-state index in [9.17, 15) is 4.79 Å². The molecule has 1 aromatic carbocycles. The fraction of sp³-hybridized carbons (Fsp3) is 0. The van der Waals surface area contributed by atoms with Gasteiger partial charge in [-0.3, -0.25) is 9.78 Å². The van der Waals surface area contributed by atoms with E-state index in [1.807, 2.05) is 0 Å². The van der Waals surface area contributed by atoms with Crippen LogP contribution in [0.1, 0.15) is 10.4 Å². The van der Waals surface area contributed by atoms with Gasteiger partial charge in [-0.25, -0.2) is 4.98 Å². The molecule has 74 valence electrons. The second kappa shape index (κ2) is 4.32. The molecule has 0 N–H and O–H groups in total. The average Bonchev–Trinajstić information content (AvgIpc) is 2.31. The molecule has 0 spiro atoms. The number of carbonyl (C=O) groups is 1. The van der Waals surface area contributed by atoms with Gasteiger partial charge >= 0.3 is 0 Å². The molecule has 2 rings (SSSR count). The normalized spacial score (nSPS) is 9.60. The van der Waals surface area contributed by atoms with Gasteiger partial charge in [-0.2, -0.15) is 0 Å². The third kappa shape index (κ3) is 2.37. The van der Waals surface area contributed by atoms with Crippen LogP contribution in [0.5, 0.6) is 11.6 Å². The summed E-state index contributed by atoms with van der Waals surface area (Å²) >= 11 is 0. The highest BCUT2D eigenvalue weighted by Crippen LogP contribution is 2.18. The lowest BCUT2D eigenvalue weighted by molar-refractivity contribution is 0.112. The van der Waals surface area contributed by atoms with Crippen molar-refractivity contribution < 1.29 is 9.53 Å². The first-order valence-electron chi connectivity index (χ1n) is 4.37. The Labute approximate surface area is 86.6 Å². The number of rotatable bonds is 3. The quantitative estimate of drug-likeness (QED) is 0.712. The summed E-state index contributed by atoms with van der Waals surface area (Å²) in [7, 11) is 0. The molecule has 2 aromatic rings. The van der Waals surface area contributed by atoms with Crippen LogP contribution < -0.4 is 4.74 Å². The molecule has 15 heavy (non-hydrogen) atoms. The number of nitrogens with zero attached hydrogens (tertiary/aromatic N) is 2. The highest BCUT2D eigenvalue weighted by molar-refractivity contribution is 5.75. The van der Waals surface area contributed by atoms with Gasteiger partial charge < -0.3 is 4.74 Å². The summed E-state index contributed by atoms with van der Waals surface area (Å²) in [5.41, 5.74) is 0.566. The van der Waals surface area contributed by atoms with Crippen molar-refractivity contribution in [3.05, 3.63) is 48.4 Å². The number of aromatic nitrogens is 2. The molecule has 0 amide bonds. The van der Waals surface area contributed by atoms with E-state index in [1.54, 1.807) is 36.7 Å². The zero-order valence-corrected chi connectivity index (χ0v) is 7.83. The minimum absolute atomic E-state index is 0.403. The van der Waals surface area contributed by atoms with E-state index < -0.39 is 0 Å². The van der Waals surface area contributed by atoms with Crippen LogP contribution in [0.3, 0.4) is 0 Å². The molecule has 0 unspecified atom stereocenters. The Balaban J connectivity index is 2.21. The predicted octanol–water partition coefficient (Wildman–Crippen LogP) is 2.08. The molecule has 0 saturated heterocycles. The largest absolute Gasteiger partial charge is 0.437 e. The topological polar surface area (TPSA) is 52.1 Å². The van der Waals surface area contributed by atoms with Crippen molar-refractivity contribution in [1.82, 2.24) is 9.97 Å². The molecule has 0 radical (unpaired) electrons. The second-order valence-corrected chi connectivity index (χ2v) is 2.84. The first kappa shape index (κ1) is 9.33. The average molecular weight is 200 g/mol. The summed E-state index contributed by atoms with van der Waals surface area (Å²) in [6, 6.07) is 6.84. The van der Waals surface area contributed by atoms with Gasteiger partial charge in [0.05, 0.1) is 6.20 Å². The summed E-state index contributed by atoms with van der Waals surface area (Å²) in [6.45, 7) is 0. The van der Waals surface area contributed by atoms with Crippen molar-refractivity contribution >= 4 is 6.29 Å². The number of carbonyl (C=O) groups excluding carboxylic acids is 1. The maximum Gasteiger partial charge on any atom is 0.237 e. The first-order valence-corrected chi connectivity index (χ1v) is 4.37. The van der Waals surface area contributed by atoms with Gasteiger partial charge in [0.25, 0.3) is 0 Å². The summed E-state index contributed by atoms with van der Waals surface area (Å²) < 4.78 is 5.39. The predicted molar refractivity (Wildman–Crippen MR) is 53.9 cm³/mol. The Kier molecular flexibility index (Phi) is 2.69. The highest BCUT2D eigenvalue weighted by Gasteiger charge is 1.98. The molecular weight excluding hydrogens is 192 g/mol. The van der Waals surface area contributed by atoms with Crippen molar-refractivity contribution in [3.63, 3.8) is 0 Å². The molecular formula is C11H8N2O2. The SMILES string of the molecule is O=Cc1cccc(Oc2cnccn2)c1. The lowest BCUT2D eigenvalue weighted by Crippen LogP contribution is -1.89. The van der Waals surface area contributed by atoms with Gasteiger partial charge in [-0.05, 0) is 12.1 Å². The van der Waals surface area contributed by atoms with Crippen LogP contribution in [-0.4, -0.2) is 16.3 Å². The van der Waals surface area contributed by atoms with Crippen LogP contribution in [0.15, 0.2) is 42.9 Å². The van der Waals surface area contributed by atoms with Crippen molar-refractivity contribution in [2.75, 3.05) is 0 Å². The summed E-state index contributed by atoms with van der Waals surface area (Å²) in [5, 5.41) is 0. The Morgan fingerprint density at radius 2 is 2.20 bits per heavy atom. The van der Waals surface area contributed by atoms with Crippen molar-refractivity contribution in [1.29, 1.82) is 0 Å². The minimum Gasteiger partial charge on any atom is -0.437 e. The summed E-state index contributed by atoms with van der Waals surface area (Å²) in [4.78, 5) is 18.4. The molecule has 0 atom stereocenters. The Morgan fingerprint density at radius 1 is 1.27 bits per heavy atom. The maximum absolute atomic E-state index is 10.5. The smallest absolute Gasteiger partial charge is 0.237 e. The molecule has 1 heterocycles. The van der Waals surface area contributed by atoms with Crippen LogP contribution in [0.25, 0.3) is 0 Å². The van der Waals surface area contributed by atoms with Crippen molar-refractivity contribution in [2.45, 2.75) is 0 Å². The van der Waals surface area contributed by atoms with E-state index in [4.69, 9.17) is 4.74 Å². The number of benzene rings is 1. The van der Waals surface area contributed by atoms with E-state index in [2.05, 4.69) is 9.97 Å². The van der Waals surface area contributed by atoms with Crippen molar-refractivity contribution in [3.8, 4) is 11.6 Å². The molecule has 0 aliphatic heterocycles. The summed E-state index contributed by atoms with van der Waals surface area (Å²) in [5.74, 6) is 0.973. The maximum atomic E-state index is 10.5. The van der Waals surface area contributed by atoms with Gasteiger partial charge in [0.1, 0.15) is 12.0 Å². The zero-order valence-electron chi connectivity index (χ0n) is 7.83. The van der Waals surface area contributed by atoms with E-state index >= 15 is 0 Å². The third-order valence-electron chi connectivity index (χ3n) is 1.76. The number of ether oxygens (including phenoxy) is 1. The van der Waals surface area contributed by atoms with Gasteiger partial charge in [0.15, 0.2) is 0 Å². The standard InChI is InChI=1S/C11H8N2O2/c14-8-9-2-1-3-10(6-9)15-11-7-12-4-5-13-11/h1-8H. The Morgan fingerprint density at radius 3 is 2.93 bits per heavy atom. The number of hydrogen-bond donors (Lipinski definition) is 0. The van der Waals surface area contributed by atoms with Crippen LogP contribution in [0, 0.1) is 0 Å². The van der Waals surface area contributed by atoms with Crippen molar-refractivity contribution in [2.24, 2.45) is 0 Å². The third-order valence-corrected chi connectivity index (χ3v) is 1.76. The summed E-state index contributed by atoms with van der Waals surface area (Å²) in [6.07, 6.45) is 5.38. The molecule has 4 heteroatoms. The minimum atomic E-state index is 0.403. The van der Waals surface area contributed by atoms with E-state index in [1.165, 1.54) is 6.20 Å². The fourth-order valence-electron chi connectivity index (χ4n) is 1.11. The molecule has 0 fully saturated rings. The van der Waals surface area contributed by atoms with E-state index in [0.29, 0.717) is 17.2 Å². The van der Waals surface area contributed by atoms with Gasteiger partial charge in [-0.1, -0.05) is 12.1 Å². The Hall–Kier alpha value is -2.23. The second-order valence-electron chi connectivity index (χ2n) is 2.84. The zero-order chi connectivity index (χ0) is 10.5. The van der Waals surface area contributed by atoms with Crippen LogP contribution in [0.4, 0.5) is 0 Å². The number of aldehydes is 1. The molecule has 4 nitrogen and oxygen atoms in total. The molecule has 0 aliphatic carbocycles. The van der Waals surface area contributed by atoms with E-state index in [-0.39, 0.29) is 0 Å². The highest BCUT2D eigenvalue weighted by atomic mass is 16.5. The molecule has 0 saturated carbocycles. The van der Waals surface area contributed by atoms with Gasteiger partial charge in [0.2, 0.25) is 5.88 Å². The fourth-order valence-corrected chi connectivity index (χ4v) is 1.11. The molecule has 0 bridgehead atoms. The monoisotopic (exact) mass is 200 g/mol. The van der Waals surface area contributed by atoms with Crippen LogP contribution in [-0.2, 0) is 0 Å². The first-order chi connectivity index (χ1) is 7.38. The van der Waals surface area contributed by atoms with E-state index in [0.717, 1.165) is 6.29 Å². The Bertz CT molecular complexity index is 457. The molecule has 0 aliphatic rings. The lowest BCUT2D eigenvalue weighted by atomic mass is 10.2. The van der Waals surface area contributed by atoms with Gasteiger partial charge in [0, 0.05) is 18.0 Å². The lowest BCUT2D eigenvalue weighted by Gasteiger charge is -2.03. The number of hydrogen-bond acceptors (Lipinski definition) is 4. The van der Waals surface area contributed by atoms with Crippen LogP contribution >= 0.6 is 0 Å². The van der Waals surface area contributed by atoms with Crippen LogP contribution in [0.2, 0.25) is 0 Å².